The Labute approximate surface area is 143 Å². The van der Waals surface area contributed by atoms with Crippen LogP contribution in [0, 0.1) is 0 Å². The van der Waals surface area contributed by atoms with E-state index < -0.39 is 0 Å². The summed E-state index contributed by atoms with van der Waals surface area (Å²) in [4.78, 5) is 28.0. The topological polar surface area (TPSA) is 97.4 Å². The fourth-order valence-corrected chi connectivity index (χ4v) is 3.27. The second-order valence-electron chi connectivity index (χ2n) is 5.22. The number of hydrogen-bond donors (Lipinski definition) is 0. The van der Waals surface area contributed by atoms with Gasteiger partial charge in [-0.15, -0.1) is 5.10 Å². The molecule has 3 heterocycles. The van der Waals surface area contributed by atoms with Crippen molar-refractivity contribution in [2.45, 2.75) is 18.6 Å². The zero-order valence-electron chi connectivity index (χ0n) is 13.3. The van der Waals surface area contributed by atoms with Crippen molar-refractivity contribution in [1.82, 2.24) is 30.0 Å². The van der Waals surface area contributed by atoms with E-state index in [2.05, 4.69) is 15.5 Å². The quantitative estimate of drug-likeness (QED) is 0.718. The van der Waals surface area contributed by atoms with E-state index in [0.717, 1.165) is 0 Å². The van der Waals surface area contributed by atoms with Gasteiger partial charge in [0.1, 0.15) is 0 Å². The van der Waals surface area contributed by atoms with Gasteiger partial charge in [0.25, 0.3) is 5.91 Å². The number of piperazine rings is 1. The maximum absolute atomic E-state index is 12.3. The summed E-state index contributed by atoms with van der Waals surface area (Å²) in [5.41, 5.74) is 0. The monoisotopic (exact) mass is 350 g/mol. The molecule has 0 aromatic carbocycles. The third kappa shape index (κ3) is 3.58. The fraction of sp³-hybridized carbons (Fsp3) is 0.500. The van der Waals surface area contributed by atoms with Gasteiger partial charge in [0.15, 0.2) is 5.76 Å². The Bertz CT molecular complexity index is 693. The zero-order chi connectivity index (χ0) is 16.9. The van der Waals surface area contributed by atoms with Gasteiger partial charge in [-0.25, -0.2) is 4.68 Å². The van der Waals surface area contributed by atoms with E-state index in [1.807, 2.05) is 6.92 Å². The number of rotatable bonds is 5. The molecule has 0 unspecified atom stereocenters. The second kappa shape index (κ2) is 7.47. The smallest absolute Gasteiger partial charge is 0.289 e. The second-order valence-corrected chi connectivity index (χ2v) is 6.16. The fourth-order valence-electron chi connectivity index (χ4n) is 2.43. The Balaban J connectivity index is 1.47. The van der Waals surface area contributed by atoms with E-state index in [9.17, 15) is 9.59 Å². The number of amides is 2. The molecule has 24 heavy (non-hydrogen) atoms. The van der Waals surface area contributed by atoms with Crippen molar-refractivity contribution in [3.05, 3.63) is 24.2 Å². The molecule has 0 radical (unpaired) electrons. The molecule has 0 bridgehead atoms. The Kier molecular flexibility index (Phi) is 5.14. The molecule has 0 aliphatic carbocycles. The molecule has 1 aliphatic rings. The molecule has 9 nitrogen and oxygen atoms in total. The molecule has 2 aromatic heterocycles. The Morgan fingerprint density at radius 2 is 2.00 bits per heavy atom. The molecule has 0 saturated carbocycles. The molecule has 1 saturated heterocycles. The van der Waals surface area contributed by atoms with Crippen LogP contribution in [0.25, 0.3) is 0 Å². The van der Waals surface area contributed by atoms with Gasteiger partial charge in [0, 0.05) is 32.7 Å². The van der Waals surface area contributed by atoms with Crippen LogP contribution < -0.4 is 0 Å². The first kappa shape index (κ1) is 16.5. The summed E-state index contributed by atoms with van der Waals surface area (Å²) in [6, 6.07) is 3.34. The Morgan fingerprint density at radius 1 is 1.25 bits per heavy atom. The summed E-state index contributed by atoms with van der Waals surface area (Å²) in [6.45, 7) is 4.65. The van der Waals surface area contributed by atoms with E-state index >= 15 is 0 Å². The van der Waals surface area contributed by atoms with Gasteiger partial charge in [0.2, 0.25) is 11.1 Å². The average molecular weight is 350 g/mol. The van der Waals surface area contributed by atoms with Gasteiger partial charge in [-0.3, -0.25) is 9.59 Å². The number of hydrogen-bond acceptors (Lipinski definition) is 7. The minimum atomic E-state index is -0.136. The maximum Gasteiger partial charge on any atom is 0.289 e. The van der Waals surface area contributed by atoms with E-state index in [-0.39, 0.29) is 17.6 Å². The summed E-state index contributed by atoms with van der Waals surface area (Å²) in [5.74, 6) is 0.503. The van der Waals surface area contributed by atoms with Crippen LogP contribution in [-0.2, 0) is 11.3 Å². The highest BCUT2D eigenvalue weighted by atomic mass is 32.2. The highest BCUT2D eigenvalue weighted by Gasteiger charge is 2.26. The summed E-state index contributed by atoms with van der Waals surface area (Å²) in [5, 5.41) is 12.0. The molecule has 128 valence electrons. The molecule has 1 aliphatic heterocycles. The van der Waals surface area contributed by atoms with Crippen molar-refractivity contribution < 1.29 is 14.0 Å². The lowest BCUT2D eigenvalue weighted by atomic mass is 10.3. The van der Waals surface area contributed by atoms with Gasteiger partial charge in [0.05, 0.1) is 12.0 Å². The van der Waals surface area contributed by atoms with Crippen LogP contribution in [0.15, 0.2) is 28.0 Å². The lowest BCUT2D eigenvalue weighted by molar-refractivity contribution is -0.129. The number of tetrazole rings is 1. The van der Waals surface area contributed by atoms with Crippen LogP contribution in [0.4, 0.5) is 0 Å². The molecular formula is C14H18N6O3S. The third-order valence-electron chi connectivity index (χ3n) is 3.77. The maximum atomic E-state index is 12.3. The van der Waals surface area contributed by atoms with Crippen molar-refractivity contribution in [3.8, 4) is 0 Å². The number of carbonyl (C=O) groups is 2. The average Bonchev–Trinajstić information content (AvgIpc) is 3.30. The number of furan rings is 1. The molecule has 0 spiro atoms. The van der Waals surface area contributed by atoms with Crippen molar-refractivity contribution in [3.63, 3.8) is 0 Å². The zero-order valence-corrected chi connectivity index (χ0v) is 14.1. The highest BCUT2D eigenvalue weighted by molar-refractivity contribution is 7.99. The molecule has 3 rings (SSSR count). The lowest BCUT2D eigenvalue weighted by Crippen LogP contribution is -2.51. The molecule has 1 fully saturated rings. The normalized spacial score (nSPS) is 14.9. The number of thioether (sulfide) groups is 1. The Morgan fingerprint density at radius 3 is 2.67 bits per heavy atom. The van der Waals surface area contributed by atoms with Crippen molar-refractivity contribution >= 4 is 23.6 Å². The number of nitrogens with zero attached hydrogens (tertiary/aromatic N) is 6. The number of carbonyl (C=O) groups excluding carboxylic acids is 2. The third-order valence-corrected chi connectivity index (χ3v) is 4.72. The highest BCUT2D eigenvalue weighted by Crippen LogP contribution is 2.15. The Hall–Kier alpha value is -2.36. The first-order valence-corrected chi connectivity index (χ1v) is 8.67. The van der Waals surface area contributed by atoms with Gasteiger partial charge in [-0.1, -0.05) is 11.8 Å². The van der Waals surface area contributed by atoms with Crippen LogP contribution in [0.5, 0.6) is 0 Å². The van der Waals surface area contributed by atoms with Crippen molar-refractivity contribution in [1.29, 1.82) is 0 Å². The van der Waals surface area contributed by atoms with Crippen LogP contribution in [-0.4, -0.2) is 73.8 Å². The van der Waals surface area contributed by atoms with Gasteiger partial charge in [-0.2, -0.15) is 0 Å². The van der Waals surface area contributed by atoms with E-state index in [0.29, 0.717) is 43.6 Å². The minimum Gasteiger partial charge on any atom is -0.459 e. The first-order valence-electron chi connectivity index (χ1n) is 7.68. The predicted molar refractivity (Wildman–Crippen MR) is 85.4 cm³/mol. The number of aryl methyl sites for hydroxylation is 1. The molecule has 0 atom stereocenters. The minimum absolute atomic E-state index is 0.0238. The molecular weight excluding hydrogens is 332 g/mol. The van der Waals surface area contributed by atoms with Crippen molar-refractivity contribution in [2.24, 2.45) is 0 Å². The number of aromatic nitrogens is 4. The van der Waals surface area contributed by atoms with Crippen LogP contribution >= 0.6 is 11.8 Å². The van der Waals surface area contributed by atoms with E-state index in [1.165, 1.54) is 18.0 Å². The van der Waals surface area contributed by atoms with Gasteiger partial charge < -0.3 is 14.2 Å². The van der Waals surface area contributed by atoms with Crippen LogP contribution in [0.3, 0.4) is 0 Å². The largest absolute Gasteiger partial charge is 0.459 e. The molecule has 2 aromatic rings. The predicted octanol–water partition coefficient (Wildman–Crippen LogP) is 0.363. The van der Waals surface area contributed by atoms with Gasteiger partial charge >= 0.3 is 0 Å². The van der Waals surface area contributed by atoms with Crippen LogP contribution in [0.2, 0.25) is 0 Å². The molecule has 10 heteroatoms. The van der Waals surface area contributed by atoms with Gasteiger partial charge in [-0.05, 0) is 29.5 Å². The lowest BCUT2D eigenvalue weighted by Gasteiger charge is -2.34. The summed E-state index contributed by atoms with van der Waals surface area (Å²) in [6.07, 6.45) is 1.48. The molecule has 0 N–H and O–H groups in total. The first-order chi connectivity index (χ1) is 11.7. The summed E-state index contributed by atoms with van der Waals surface area (Å²) < 4.78 is 6.78. The summed E-state index contributed by atoms with van der Waals surface area (Å²) >= 11 is 1.33. The van der Waals surface area contributed by atoms with Crippen molar-refractivity contribution in [2.75, 3.05) is 31.9 Å². The standard InChI is InChI=1S/C14H18N6O3S/c1-2-20-14(15-16-17-20)24-10-12(21)18-5-7-19(8-6-18)13(22)11-4-3-9-23-11/h3-4,9H,2,5-8,10H2,1H3. The summed E-state index contributed by atoms with van der Waals surface area (Å²) in [7, 11) is 0. The van der Waals surface area contributed by atoms with Crippen LogP contribution in [0.1, 0.15) is 17.5 Å². The van der Waals surface area contributed by atoms with E-state index in [4.69, 9.17) is 4.42 Å². The van der Waals surface area contributed by atoms with E-state index in [1.54, 1.807) is 26.6 Å². The SMILES string of the molecule is CCn1nnnc1SCC(=O)N1CCN(C(=O)c2ccco2)CC1. The molecule has 2 amide bonds.